The van der Waals surface area contributed by atoms with Gasteiger partial charge < -0.3 is 20.5 Å². The second-order valence-corrected chi connectivity index (χ2v) is 8.23. The number of nitrogens with one attached hydrogen (secondary N) is 2. The monoisotopic (exact) mass is 405 g/mol. The van der Waals surface area contributed by atoms with Gasteiger partial charge in [-0.2, -0.15) is 0 Å². The van der Waals surface area contributed by atoms with Gasteiger partial charge in [-0.1, -0.05) is 18.2 Å². The van der Waals surface area contributed by atoms with Gasteiger partial charge in [0.2, 0.25) is 5.88 Å². The number of hydrogen-bond donors (Lipinski definition) is 3. The van der Waals surface area contributed by atoms with E-state index in [1.165, 1.54) is 0 Å². The smallest absolute Gasteiger partial charge is 0.236 e. The van der Waals surface area contributed by atoms with Gasteiger partial charge in [0.15, 0.2) is 0 Å². The molecule has 3 N–H and O–H groups in total. The number of ether oxygens (including phenoxy) is 1. The van der Waals surface area contributed by atoms with E-state index in [1.54, 1.807) is 12.4 Å². The van der Waals surface area contributed by atoms with Crippen LogP contribution in [-0.2, 0) is 0 Å². The van der Waals surface area contributed by atoms with Crippen molar-refractivity contribution in [3.8, 4) is 5.88 Å². The minimum Gasteiger partial charge on any atom is -0.473 e. The first-order chi connectivity index (χ1) is 14.8. The van der Waals surface area contributed by atoms with Crippen LogP contribution in [0.5, 0.6) is 5.88 Å². The predicted octanol–water partition coefficient (Wildman–Crippen LogP) is 2.73. The predicted molar refractivity (Wildman–Crippen MR) is 116 cm³/mol. The van der Waals surface area contributed by atoms with Gasteiger partial charge in [0, 0.05) is 55.7 Å². The summed E-state index contributed by atoms with van der Waals surface area (Å²) >= 11 is 0. The summed E-state index contributed by atoms with van der Waals surface area (Å²) in [7, 11) is 0. The molecule has 0 amide bonds. The lowest BCUT2D eigenvalue weighted by Gasteiger charge is -2.37. The maximum Gasteiger partial charge on any atom is 0.236 e. The highest BCUT2D eigenvalue weighted by atomic mass is 16.5. The molecule has 3 aromatic rings. The quantitative estimate of drug-likeness (QED) is 0.581. The number of nitrogens with zero attached hydrogens (tertiary/aromatic N) is 3. The first-order valence-corrected chi connectivity index (χ1v) is 10.7. The van der Waals surface area contributed by atoms with Gasteiger partial charge >= 0.3 is 0 Å². The lowest BCUT2D eigenvalue weighted by Crippen LogP contribution is -2.43. The topological polar surface area (TPSA) is 92.2 Å². The Bertz CT molecular complexity index is 1010. The molecule has 0 bridgehead atoms. The minimum absolute atomic E-state index is 0.113. The van der Waals surface area contributed by atoms with Crippen LogP contribution in [-0.4, -0.2) is 51.9 Å². The van der Waals surface area contributed by atoms with Gasteiger partial charge in [0.1, 0.15) is 17.6 Å². The van der Waals surface area contributed by atoms with Gasteiger partial charge in [-0.25, -0.2) is 9.97 Å². The number of para-hydroxylation sites is 1. The molecule has 1 unspecified atom stereocenters. The molecule has 1 aliphatic heterocycles. The summed E-state index contributed by atoms with van der Waals surface area (Å²) in [6, 6.07) is 12.6. The molecule has 1 aromatic carbocycles. The molecule has 156 valence electrons. The summed E-state index contributed by atoms with van der Waals surface area (Å²) in [4.78, 5) is 13.7. The Hall–Kier alpha value is -2.77. The highest BCUT2D eigenvalue weighted by molar-refractivity contribution is 5.80. The summed E-state index contributed by atoms with van der Waals surface area (Å²) < 4.78 is 6.22. The fourth-order valence-corrected chi connectivity index (χ4v) is 4.43. The molecule has 3 heterocycles. The standard InChI is InChI=1S/C23H27N5O2/c29-14-16-7-8-24-13-19(16)22-23(26-10-9-25-22)30-18-11-17(12-18)27-21-6-5-15-3-1-2-4-20(15)28-21/h1-6,9-10,16-19,24,29H,7-8,11-14H2,(H,27,28)/t16?,17?,18?,19-/m1/s1. The molecule has 30 heavy (non-hydrogen) atoms. The van der Waals surface area contributed by atoms with Crippen molar-refractivity contribution < 1.29 is 9.84 Å². The molecule has 2 atom stereocenters. The van der Waals surface area contributed by atoms with Crippen LogP contribution in [0.25, 0.3) is 10.9 Å². The average Bonchev–Trinajstić information content (AvgIpc) is 2.78. The third-order valence-electron chi connectivity index (χ3n) is 6.23. The van der Waals surface area contributed by atoms with E-state index in [1.807, 2.05) is 24.3 Å². The average molecular weight is 406 g/mol. The van der Waals surface area contributed by atoms with Crippen molar-refractivity contribution in [1.82, 2.24) is 20.3 Å². The fraction of sp³-hybridized carbons (Fsp3) is 0.435. The van der Waals surface area contributed by atoms with E-state index < -0.39 is 0 Å². The zero-order valence-corrected chi connectivity index (χ0v) is 16.9. The third-order valence-corrected chi connectivity index (χ3v) is 6.23. The second-order valence-electron chi connectivity index (χ2n) is 8.23. The van der Waals surface area contributed by atoms with E-state index in [-0.39, 0.29) is 24.5 Å². The van der Waals surface area contributed by atoms with E-state index in [0.29, 0.717) is 11.9 Å². The van der Waals surface area contributed by atoms with Crippen LogP contribution in [0.4, 0.5) is 5.82 Å². The second kappa shape index (κ2) is 8.53. The molecule has 2 fully saturated rings. The molecule has 5 rings (SSSR count). The van der Waals surface area contributed by atoms with Crippen molar-refractivity contribution >= 4 is 16.7 Å². The van der Waals surface area contributed by atoms with Gasteiger partial charge in [-0.15, -0.1) is 0 Å². The molecule has 7 nitrogen and oxygen atoms in total. The molecular formula is C23H27N5O2. The van der Waals surface area contributed by atoms with Crippen LogP contribution in [0.2, 0.25) is 0 Å². The van der Waals surface area contributed by atoms with Crippen molar-refractivity contribution in [3.05, 3.63) is 54.5 Å². The van der Waals surface area contributed by atoms with Crippen molar-refractivity contribution in [3.63, 3.8) is 0 Å². The van der Waals surface area contributed by atoms with Crippen LogP contribution < -0.4 is 15.4 Å². The number of anilines is 1. The van der Waals surface area contributed by atoms with Crippen molar-refractivity contribution in [2.45, 2.75) is 37.3 Å². The number of fused-ring (bicyclic) bond motifs is 1. The number of rotatable bonds is 6. The number of pyridine rings is 1. The number of aliphatic hydroxyl groups excluding tert-OH is 1. The van der Waals surface area contributed by atoms with Crippen LogP contribution >= 0.6 is 0 Å². The molecule has 1 saturated carbocycles. The van der Waals surface area contributed by atoms with Gasteiger partial charge in [0.25, 0.3) is 0 Å². The van der Waals surface area contributed by atoms with Gasteiger partial charge in [-0.05, 0) is 37.1 Å². The first-order valence-electron chi connectivity index (χ1n) is 10.7. The number of hydrogen-bond acceptors (Lipinski definition) is 7. The molecule has 2 aromatic heterocycles. The summed E-state index contributed by atoms with van der Waals surface area (Å²) in [5, 5.41) is 17.8. The first kappa shape index (κ1) is 19.2. The van der Waals surface area contributed by atoms with E-state index in [4.69, 9.17) is 9.72 Å². The summed E-state index contributed by atoms with van der Waals surface area (Å²) in [6.07, 6.45) is 6.24. The Morgan fingerprint density at radius 2 is 1.97 bits per heavy atom. The van der Waals surface area contributed by atoms with Crippen LogP contribution in [0.1, 0.15) is 30.9 Å². The minimum atomic E-state index is 0.113. The normalized spacial score (nSPS) is 26.2. The van der Waals surface area contributed by atoms with Gasteiger partial charge in [0.05, 0.1) is 5.52 Å². The molecule has 1 aliphatic carbocycles. The maximum absolute atomic E-state index is 9.76. The fourth-order valence-electron chi connectivity index (χ4n) is 4.43. The van der Waals surface area contributed by atoms with Crippen LogP contribution in [0.15, 0.2) is 48.8 Å². The van der Waals surface area contributed by atoms with Gasteiger partial charge in [-0.3, -0.25) is 4.98 Å². The Morgan fingerprint density at radius 3 is 2.87 bits per heavy atom. The number of benzene rings is 1. The summed E-state index contributed by atoms with van der Waals surface area (Å²) in [6.45, 7) is 1.89. The lowest BCUT2D eigenvalue weighted by molar-refractivity contribution is 0.0974. The zero-order chi connectivity index (χ0) is 20.3. The number of piperidine rings is 1. The summed E-state index contributed by atoms with van der Waals surface area (Å²) in [5.41, 5.74) is 1.86. The largest absolute Gasteiger partial charge is 0.473 e. The lowest BCUT2D eigenvalue weighted by atomic mass is 9.84. The van der Waals surface area contributed by atoms with E-state index in [2.05, 4.69) is 32.7 Å². The number of aromatic nitrogens is 3. The Labute approximate surface area is 175 Å². The summed E-state index contributed by atoms with van der Waals surface area (Å²) in [5.74, 6) is 1.83. The SMILES string of the molecule is OCC1CCNC[C@H]1c1nccnc1OC1CC(Nc2ccc3ccccc3n2)C1. The molecular weight excluding hydrogens is 378 g/mol. The van der Waals surface area contributed by atoms with Crippen LogP contribution in [0, 0.1) is 5.92 Å². The van der Waals surface area contributed by atoms with E-state index >= 15 is 0 Å². The molecule has 2 aliphatic rings. The van der Waals surface area contributed by atoms with Crippen molar-refractivity contribution in [2.75, 3.05) is 25.0 Å². The highest BCUT2D eigenvalue weighted by Gasteiger charge is 2.34. The highest BCUT2D eigenvalue weighted by Crippen LogP contribution is 2.35. The van der Waals surface area contributed by atoms with Crippen molar-refractivity contribution in [2.24, 2.45) is 5.92 Å². The Balaban J connectivity index is 1.21. The Kier molecular flexibility index (Phi) is 5.46. The third kappa shape index (κ3) is 3.95. The van der Waals surface area contributed by atoms with E-state index in [9.17, 15) is 5.11 Å². The van der Waals surface area contributed by atoms with Crippen molar-refractivity contribution in [1.29, 1.82) is 0 Å². The molecule has 7 heteroatoms. The Morgan fingerprint density at radius 1 is 1.10 bits per heavy atom. The molecule has 1 saturated heterocycles. The zero-order valence-electron chi connectivity index (χ0n) is 16.9. The van der Waals surface area contributed by atoms with Crippen LogP contribution in [0.3, 0.4) is 0 Å². The van der Waals surface area contributed by atoms with E-state index in [0.717, 1.165) is 54.8 Å². The maximum atomic E-state index is 9.76. The molecule has 0 spiro atoms. The molecule has 0 radical (unpaired) electrons. The number of aliphatic hydroxyl groups is 1.